The van der Waals surface area contributed by atoms with Gasteiger partial charge in [0.05, 0.1) is 0 Å². The second-order valence-corrected chi connectivity index (χ2v) is 4.85. The molecule has 0 aromatic heterocycles. The predicted molar refractivity (Wildman–Crippen MR) is 28.0 cm³/mol. The summed E-state index contributed by atoms with van der Waals surface area (Å²) < 4.78 is 19.6. The van der Waals surface area contributed by atoms with Gasteiger partial charge in [0.15, 0.2) is 0 Å². The second kappa shape index (κ2) is 4.27. The number of hydrogen-bond donors (Lipinski definition) is 0. The van der Waals surface area contributed by atoms with Gasteiger partial charge in [-0.15, -0.1) is 0 Å². The van der Waals surface area contributed by atoms with E-state index >= 15 is 0 Å². The molecule has 9 heavy (non-hydrogen) atoms. The van der Waals surface area contributed by atoms with E-state index in [1.54, 1.807) is 0 Å². The Labute approximate surface area is 59.1 Å². The summed E-state index contributed by atoms with van der Waals surface area (Å²) >= 11 is -3.01. The van der Waals surface area contributed by atoms with E-state index in [-0.39, 0.29) is 0 Å². The molecule has 0 aliphatic carbocycles. The molecule has 57 valence electrons. The van der Waals surface area contributed by atoms with Crippen LogP contribution in [-0.2, 0) is 30.1 Å². The van der Waals surface area contributed by atoms with Crippen molar-refractivity contribution in [2.45, 2.75) is 0 Å². The molecule has 0 aromatic rings. The van der Waals surface area contributed by atoms with Crippen molar-refractivity contribution in [1.82, 2.24) is 0 Å². The van der Waals surface area contributed by atoms with Crippen LogP contribution in [0.5, 0.6) is 0 Å². The average Bonchev–Trinajstić information content (AvgIpc) is 1.95. The molecule has 0 fully saturated rings. The van der Waals surface area contributed by atoms with Crippen LogP contribution >= 0.6 is 0 Å². The van der Waals surface area contributed by atoms with Gasteiger partial charge in [-0.3, -0.25) is 0 Å². The molecule has 0 heterocycles. The second-order valence-electron chi connectivity index (χ2n) is 1.18. The molecule has 0 spiro atoms. The minimum atomic E-state index is -3.01. The molecule has 0 aliphatic heterocycles. The monoisotopic (exact) mass is 175 g/mol. The summed E-state index contributed by atoms with van der Waals surface area (Å²) in [6, 6.07) is 0. The first-order chi connectivity index (χ1) is 4.24. The molecule has 0 saturated heterocycles. The Bertz CT molecular complexity index is 55.5. The fourth-order valence-electron chi connectivity index (χ4n) is 0.447. The molecule has 4 nitrogen and oxygen atoms in total. The minimum absolute atomic E-state index is 1.50. The first kappa shape index (κ1) is 9.42. The fraction of sp³-hybridized carbons (Fsp3) is 1.00. The zero-order valence-electron chi connectivity index (χ0n) is 6.08. The predicted octanol–water partition coefficient (Wildman–Crippen LogP) is 0.386. The molecule has 0 radical (unpaired) electrons. The molecule has 0 aromatic carbocycles. The van der Waals surface area contributed by atoms with Crippen molar-refractivity contribution in [3.05, 3.63) is 0 Å². The Hall–Kier alpha value is 0.424. The average molecular weight is 175 g/mol. The van der Waals surface area contributed by atoms with Crippen LogP contribution in [0.25, 0.3) is 0 Å². The zero-order chi connectivity index (χ0) is 7.33. The van der Waals surface area contributed by atoms with Crippen LogP contribution < -0.4 is 0 Å². The van der Waals surface area contributed by atoms with Crippen LogP contribution in [0.1, 0.15) is 0 Å². The Kier molecular flexibility index (Phi) is 4.47. The molecule has 0 saturated carbocycles. The summed E-state index contributed by atoms with van der Waals surface area (Å²) in [6.45, 7) is 0. The molecule has 0 aliphatic rings. The molecule has 5 heteroatoms. The van der Waals surface area contributed by atoms with E-state index in [0.717, 1.165) is 0 Å². The quantitative estimate of drug-likeness (QED) is 0.619. The SMILES string of the molecule is C[O][V]([O]C)([O]C)[O]C. The van der Waals surface area contributed by atoms with Gasteiger partial charge >= 0.3 is 58.5 Å². The van der Waals surface area contributed by atoms with Crippen LogP contribution in [0, 0.1) is 0 Å². The van der Waals surface area contributed by atoms with Gasteiger partial charge in [0.2, 0.25) is 0 Å². The number of hydrogen-bond acceptors (Lipinski definition) is 4. The third kappa shape index (κ3) is 2.25. The topological polar surface area (TPSA) is 36.9 Å². The molecular formula is C4H12O4V. The van der Waals surface area contributed by atoms with Crippen LogP contribution in [-0.4, -0.2) is 28.4 Å². The van der Waals surface area contributed by atoms with E-state index in [1.165, 1.54) is 28.4 Å². The molecule has 0 bridgehead atoms. The van der Waals surface area contributed by atoms with Gasteiger partial charge < -0.3 is 0 Å². The van der Waals surface area contributed by atoms with E-state index in [0.29, 0.717) is 0 Å². The van der Waals surface area contributed by atoms with E-state index in [4.69, 9.17) is 14.6 Å². The first-order valence-corrected chi connectivity index (χ1v) is 4.64. The van der Waals surface area contributed by atoms with Gasteiger partial charge in [-0.25, -0.2) is 0 Å². The standard InChI is InChI=1S/4CH3O.V/c4*1-2;/h4*1H3;/q4*-1;+4. The molecule has 0 N–H and O–H groups in total. The van der Waals surface area contributed by atoms with Gasteiger partial charge in [0.1, 0.15) is 0 Å². The van der Waals surface area contributed by atoms with Gasteiger partial charge in [-0.05, 0) is 0 Å². The van der Waals surface area contributed by atoms with E-state index < -0.39 is 15.4 Å². The van der Waals surface area contributed by atoms with Crippen molar-refractivity contribution in [2.24, 2.45) is 0 Å². The van der Waals surface area contributed by atoms with Gasteiger partial charge in [-0.1, -0.05) is 0 Å². The Morgan fingerprint density at radius 2 is 0.889 bits per heavy atom. The van der Waals surface area contributed by atoms with Gasteiger partial charge in [0, 0.05) is 0 Å². The maximum absolute atomic E-state index is 4.89. The Morgan fingerprint density at radius 1 is 0.667 bits per heavy atom. The molecule has 0 atom stereocenters. The molecular weight excluding hydrogens is 163 g/mol. The summed E-state index contributed by atoms with van der Waals surface area (Å²) in [4.78, 5) is 0. The molecule has 0 rings (SSSR count). The summed E-state index contributed by atoms with van der Waals surface area (Å²) in [6.07, 6.45) is 0. The van der Waals surface area contributed by atoms with Crippen LogP contribution in [0.3, 0.4) is 0 Å². The zero-order valence-corrected chi connectivity index (χ0v) is 7.48. The van der Waals surface area contributed by atoms with Gasteiger partial charge in [-0.2, -0.15) is 0 Å². The van der Waals surface area contributed by atoms with Crippen molar-refractivity contribution in [3.8, 4) is 0 Å². The van der Waals surface area contributed by atoms with E-state index in [2.05, 4.69) is 0 Å². The van der Waals surface area contributed by atoms with Crippen molar-refractivity contribution in [1.29, 1.82) is 0 Å². The van der Waals surface area contributed by atoms with Crippen LogP contribution in [0.4, 0.5) is 0 Å². The fourth-order valence-corrected chi connectivity index (χ4v) is 1.84. The third-order valence-corrected chi connectivity index (χ3v) is 3.69. The van der Waals surface area contributed by atoms with Crippen molar-refractivity contribution in [2.75, 3.05) is 28.4 Å². The van der Waals surface area contributed by atoms with Gasteiger partial charge in [0.25, 0.3) is 0 Å². The normalized spacial score (nSPS) is 12.0. The van der Waals surface area contributed by atoms with Crippen molar-refractivity contribution in [3.63, 3.8) is 0 Å². The van der Waals surface area contributed by atoms with Crippen molar-refractivity contribution < 1.29 is 30.1 Å². The first-order valence-electron chi connectivity index (χ1n) is 2.36. The maximum atomic E-state index is 4.89. The van der Waals surface area contributed by atoms with E-state index in [9.17, 15) is 0 Å². The van der Waals surface area contributed by atoms with Crippen molar-refractivity contribution >= 4 is 0 Å². The number of rotatable bonds is 4. The van der Waals surface area contributed by atoms with Crippen LogP contribution in [0.2, 0.25) is 0 Å². The molecule has 0 unspecified atom stereocenters. The summed E-state index contributed by atoms with van der Waals surface area (Å²) in [5, 5.41) is 0. The Balaban J connectivity index is 3.82. The summed E-state index contributed by atoms with van der Waals surface area (Å²) in [5.74, 6) is 0. The third-order valence-electron chi connectivity index (χ3n) is 0.894. The molecule has 0 amide bonds. The Morgan fingerprint density at radius 3 is 0.889 bits per heavy atom. The summed E-state index contributed by atoms with van der Waals surface area (Å²) in [7, 11) is 6.01. The summed E-state index contributed by atoms with van der Waals surface area (Å²) in [5.41, 5.74) is 0. The van der Waals surface area contributed by atoms with E-state index in [1.807, 2.05) is 0 Å². The van der Waals surface area contributed by atoms with Crippen LogP contribution in [0.15, 0.2) is 0 Å².